The van der Waals surface area contributed by atoms with Crippen LogP contribution in [0.5, 0.6) is 0 Å². The van der Waals surface area contributed by atoms with Crippen molar-refractivity contribution in [2.45, 2.75) is 25.4 Å². The molecule has 0 bridgehead atoms. The Labute approximate surface area is 124 Å². The normalized spacial score (nSPS) is 14.4. The van der Waals surface area contributed by atoms with Gasteiger partial charge in [-0.15, -0.1) is 0 Å². The van der Waals surface area contributed by atoms with E-state index in [-0.39, 0.29) is 6.42 Å². The van der Waals surface area contributed by atoms with Gasteiger partial charge in [0.2, 0.25) is 0 Å². The zero-order valence-corrected chi connectivity index (χ0v) is 12.5. The number of aliphatic carboxylic acids is 1. The fourth-order valence-corrected chi connectivity index (χ4v) is 2.89. The van der Waals surface area contributed by atoms with E-state index in [0.717, 1.165) is 4.31 Å². The summed E-state index contributed by atoms with van der Waals surface area (Å²) in [5, 5.41) is 17.8. The smallest absolute Gasteiger partial charge is 0.326 e. The number of nitriles is 1. The first-order chi connectivity index (χ1) is 9.79. The highest BCUT2D eigenvalue weighted by Gasteiger charge is 2.30. The van der Waals surface area contributed by atoms with Crippen molar-refractivity contribution in [3.05, 3.63) is 35.9 Å². The molecule has 1 rings (SSSR count). The van der Waals surface area contributed by atoms with E-state index in [1.165, 1.54) is 19.2 Å². The molecule has 0 aliphatic rings. The number of benzene rings is 1. The molecule has 0 spiro atoms. The van der Waals surface area contributed by atoms with Crippen LogP contribution in [0.25, 0.3) is 0 Å². The Morgan fingerprint density at radius 2 is 2.00 bits per heavy atom. The quantitative estimate of drug-likeness (QED) is 0.776. The maximum atomic E-state index is 12.2. The number of rotatable bonds is 7. The molecular formula is C13H17N3O4S. The summed E-state index contributed by atoms with van der Waals surface area (Å²) in [6.45, 7) is 1.57. The van der Waals surface area contributed by atoms with Crippen LogP contribution in [0.15, 0.2) is 30.3 Å². The number of carbonyl (C=O) groups is 1. The first-order valence-corrected chi connectivity index (χ1v) is 7.63. The van der Waals surface area contributed by atoms with Gasteiger partial charge in [0.1, 0.15) is 6.04 Å². The summed E-state index contributed by atoms with van der Waals surface area (Å²) < 4.78 is 27.4. The van der Waals surface area contributed by atoms with E-state index in [9.17, 15) is 18.3 Å². The molecule has 0 aliphatic carbocycles. The lowest BCUT2D eigenvalue weighted by Gasteiger charge is -2.25. The van der Waals surface area contributed by atoms with E-state index in [0.29, 0.717) is 5.56 Å². The highest BCUT2D eigenvalue weighted by Crippen LogP contribution is 2.16. The van der Waals surface area contributed by atoms with Crippen molar-refractivity contribution < 1.29 is 18.3 Å². The van der Waals surface area contributed by atoms with E-state index >= 15 is 0 Å². The highest BCUT2D eigenvalue weighted by molar-refractivity contribution is 7.87. The lowest BCUT2D eigenvalue weighted by Crippen LogP contribution is -2.45. The molecule has 0 aromatic heterocycles. The standard InChI is InChI=1S/C13H17N3O4S/c1-10(8-9-14)16(2)21(19,20)15-12(13(17)18)11-6-4-3-5-7-11/h3-7,10,12,15H,8H2,1-2H3,(H,17,18)/t10?,12-/m1/s1. The molecule has 0 aliphatic heterocycles. The van der Waals surface area contributed by atoms with E-state index < -0.39 is 28.3 Å². The molecule has 21 heavy (non-hydrogen) atoms. The fraction of sp³-hybridized carbons (Fsp3) is 0.385. The molecule has 1 aromatic carbocycles. The zero-order valence-electron chi connectivity index (χ0n) is 11.7. The second-order valence-corrected chi connectivity index (χ2v) is 6.29. The lowest BCUT2D eigenvalue weighted by molar-refractivity contribution is -0.139. The number of carboxylic acids is 1. The van der Waals surface area contributed by atoms with Crippen molar-refractivity contribution >= 4 is 16.2 Å². The number of nitrogens with one attached hydrogen (secondary N) is 1. The van der Waals surface area contributed by atoms with Crippen molar-refractivity contribution in [2.24, 2.45) is 0 Å². The molecule has 0 radical (unpaired) electrons. The lowest BCUT2D eigenvalue weighted by atomic mass is 10.1. The van der Waals surface area contributed by atoms with E-state index in [2.05, 4.69) is 4.72 Å². The molecule has 2 N–H and O–H groups in total. The molecule has 1 aromatic rings. The minimum atomic E-state index is -4.02. The van der Waals surface area contributed by atoms with Crippen LogP contribution in [-0.2, 0) is 15.0 Å². The van der Waals surface area contributed by atoms with E-state index in [1.807, 2.05) is 6.07 Å². The van der Waals surface area contributed by atoms with Gasteiger partial charge in [0, 0.05) is 13.1 Å². The Bertz CT molecular complexity index is 625. The Morgan fingerprint density at radius 3 is 2.48 bits per heavy atom. The molecule has 0 amide bonds. The van der Waals surface area contributed by atoms with Crippen LogP contribution in [0.4, 0.5) is 0 Å². The molecular weight excluding hydrogens is 294 g/mol. The predicted octanol–water partition coefficient (Wildman–Crippen LogP) is 0.881. The molecule has 8 heteroatoms. The van der Waals surface area contributed by atoms with Gasteiger partial charge >= 0.3 is 5.97 Å². The molecule has 1 unspecified atom stereocenters. The third-order valence-corrected chi connectivity index (χ3v) is 4.68. The summed E-state index contributed by atoms with van der Waals surface area (Å²) in [6, 6.07) is 7.95. The van der Waals surface area contributed by atoms with Gasteiger partial charge in [0.05, 0.1) is 12.5 Å². The maximum absolute atomic E-state index is 12.2. The third kappa shape index (κ3) is 4.53. The molecule has 114 valence electrons. The van der Waals surface area contributed by atoms with E-state index in [1.54, 1.807) is 25.1 Å². The summed E-state index contributed by atoms with van der Waals surface area (Å²) in [6.07, 6.45) is 0.0144. The molecule has 0 saturated carbocycles. The second-order valence-electron chi connectivity index (χ2n) is 4.53. The number of hydrogen-bond acceptors (Lipinski definition) is 4. The second kappa shape index (κ2) is 7.17. The minimum absolute atomic E-state index is 0.0144. The topological polar surface area (TPSA) is 111 Å². The van der Waals surface area contributed by atoms with Gasteiger partial charge in [0.25, 0.3) is 10.2 Å². The van der Waals surface area contributed by atoms with Crippen molar-refractivity contribution in [3.8, 4) is 6.07 Å². The van der Waals surface area contributed by atoms with Crippen molar-refractivity contribution in [1.29, 1.82) is 5.26 Å². The average molecular weight is 311 g/mol. The first-order valence-electron chi connectivity index (χ1n) is 6.19. The average Bonchev–Trinajstić information content (AvgIpc) is 2.45. The van der Waals surface area contributed by atoms with Gasteiger partial charge in [-0.25, -0.2) is 0 Å². The largest absolute Gasteiger partial charge is 0.480 e. The van der Waals surface area contributed by atoms with Crippen LogP contribution in [-0.4, -0.2) is 36.9 Å². The number of carboxylic acid groups (broad SMARTS) is 1. The van der Waals surface area contributed by atoms with Gasteiger partial charge in [-0.3, -0.25) is 4.79 Å². The van der Waals surface area contributed by atoms with Gasteiger partial charge < -0.3 is 5.11 Å². The summed E-state index contributed by atoms with van der Waals surface area (Å²) in [7, 11) is -2.72. The van der Waals surface area contributed by atoms with Crippen LogP contribution in [0, 0.1) is 11.3 Å². The molecule has 0 heterocycles. The van der Waals surface area contributed by atoms with Gasteiger partial charge in [-0.2, -0.15) is 22.7 Å². The SMILES string of the molecule is CC(CC#N)N(C)S(=O)(=O)N[C@@H](C(=O)O)c1ccccc1. The van der Waals surface area contributed by atoms with Crippen LogP contribution >= 0.6 is 0 Å². The minimum Gasteiger partial charge on any atom is -0.480 e. The third-order valence-electron chi connectivity index (χ3n) is 3.03. The summed E-state index contributed by atoms with van der Waals surface area (Å²) in [5.74, 6) is -1.30. The molecule has 7 nitrogen and oxygen atoms in total. The van der Waals surface area contributed by atoms with Crippen molar-refractivity contribution in [3.63, 3.8) is 0 Å². The predicted molar refractivity (Wildman–Crippen MR) is 76.3 cm³/mol. The Morgan fingerprint density at radius 1 is 1.43 bits per heavy atom. The van der Waals surface area contributed by atoms with Crippen molar-refractivity contribution in [1.82, 2.24) is 9.03 Å². The summed E-state index contributed by atoms with van der Waals surface area (Å²) in [5.41, 5.74) is 0.329. The Hall–Kier alpha value is -1.95. The van der Waals surface area contributed by atoms with Gasteiger partial charge in [0.15, 0.2) is 0 Å². The van der Waals surface area contributed by atoms with Gasteiger partial charge in [-0.05, 0) is 12.5 Å². The molecule has 0 saturated heterocycles. The Balaban J connectivity index is 2.99. The Kier molecular flexibility index (Phi) is 5.84. The van der Waals surface area contributed by atoms with Crippen LogP contribution in [0.3, 0.4) is 0 Å². The number of hydrogen-bond donors (Lipinski definition) is 2. The van der Waals surface area contributed by atoms with Crippen LogP contribution < -0.4 is 4.72 Å². The fourth-order valence-electron chi connectivity index (χ4n) is 1.64. The molecule has 2 atom stereocenters. The first kappa shape index (κ1) is 17.1. The number of nitrogens with zero attached hydrogens (tertiary/aromatic N) is 2. The maximum Gasteiger partial charge on any atom is 0.326 e. The zero-order chi connectivity index (χ0) is 16.0. The monoisotopic (exact) mass is 311 g/mol. The highest BCUT2D eigenvalue weighted by atomic mass is 32.2. The molecule has 0 fully saturated rings. The van der Waals surface area contributed by atoms with Crippen molar-refractivity contribution in [2.75, 3.05) is 7.05 Å². The van der Waals surface area contributed by atoms with Gasteiger partial charge in [-0.1, -0.05) is 30.3 Å². The summed E-state index contributed by atoms with van der Waals surface area (Å²) in [4.78, 5) is 11.3. The van der Waals surface area contributed by atoms with Crippen LogP contribution in [0.1, 0.15) is 24.9 Å². The van der Waals surface area contributed by atoms with Crippen LogP contribution in [0.2, 0.25) is 0 Å². The van der Waals surface area contributed by atoms with E-state index in [4.69, 9.17) is 5.26 Å². The summed E-state index contributed by atoms with van der Waals surface area (Å²) >= 11 is 0.